The van der Waals surface area contributed by atoms with Crippen LogP contribution in [-0.4, -0.2) is 38.9 Å². The predicted octanol–water partition coefficient (Wildman–Crippen LogP) is 3.58. The average Bonchev–Trinajstić information content (AvgIpc) is 2.49. The molecule has 0 aliphatic heterocycles. The molecule has 0 fully saturated rings. The molecule has 132 valence electrons. The largest absolute Gasteiger partial charge is 0.492 e. The molecule has 0 saturated carbocycles. The lowest BCUT2D eigenvalue weighted by molar-refractivity contribution is -0.135. The Morgan fingerprint density at radius 1 is 1.09 bits per heavy atom. The third kappa shape index (κ3) is 12.0. The lowest BCUT2D eigenvalue weighted by atomic mass is 10.2. The van der Waals surface area contributed by atoms with Gasteiger partial charge in [-0.15, -0.1) is 24.0 Å². The first-order chi connectivity index (χ1) is 10.5. The minimum Gasteiger partial charge on any atom is -0.492 e. The topological polar surface area (TPSA) is 45.7 Å². The molecule has 8 heteroatoms. The molecule has 4 nitrogen and oxygen atoms in total. The number of rotatable bonds is 8. The van der Waals surface area contributed by atoms with E-state index in [0.29, 0.717) is 32.1 Å². The van der Waals surface area contributed by atoms with Gasteiger partial charge in [-0.05, 0) is 25.0 Å². The summed E-state index contributed by atoms with van der Waals surface area (Å²) in [6.07, 6.45) is -4.26. The number of benzene rings is 1. The van der Waals surface area contributed by atoms with Crippen LogP contribution < -0.4 is 15.4 Å². The lowest BCUT2D eigenvalue weighted by Crippen LogP contribution is -2.39. The summed E-state index contributed by atoms with van der Waals surface area (Å²) in [6.45, 7) is 1.48. The van der Waals surface area contributed by atoms with Gasteiger partial charge in [0.05, 0.1) is 6.54 Å². The normalized spacial score (nSPS) is 11.6. The summed E-state index contributed by atoms with van der Waals surface area (Å²) in [7, 11) is 1.61. The van der Waals surface area contributed by atoms with Crippen LogP contribution >= 0.6 is 24.0 Å². The number of para-hydroxylation sites is 1. The zero-order chi connectivity index (χ0) is 16.3. The highest BCUT2D eigenvalue weighted by atomic mass is 127. The molecule has 0 amide bonds. The lowest BCUT2D eigenvalue weighted by Gasteiger charge is -2.12. The van der Waals surface area contributed by atoms with Crippen molar-refractivity contribution in [2.45, 2.75) is 25.4 Å². The molecule has 1 aromatic carbocycles. The third-order valence-electron chi connectivity index (χ3n) is 2.81. The number of ether oxygens (including phenoxy) is 1. The molecule has 1 aromatic rings. The maximum Gasteiger partial charge on any atom is 0.389 e. The fourth-order valence-corrected chi connectivity index (χ4v) is 1.73. The average molecular weight is 445 g/mol. The zero-order valence-corrected chi connectivity index (χ0v) is 15.4. The molecule has 0 bridgehead atoms. The number of nitrogens with one attached hydrogen (secondary N) is 2. The van der Waals surface area contributed by atoms with E-state index in [1.807, 2.05) is 30.3 Å². The van der Waals surface area contributed by atoms with Crippen LogP contribution in [0.2, 0.25) is 0 Å². The van der Waals surface area contributed by atoms with Gasteiger partial charge in [0.25, 0.3) is 0 Å². The fraction of sp³-hybridized carbons (Fsp3) is 0.533. The van der Waals surface area contributed by atoms with Crippen LogP contribution in [0, 0.1) is 0 Å². The first-order valence-electron chi connectivity index (χ1n) is 7.20. The van der Waals surface area contributed by atoms with Gasteiger partial charge in [0.15, 0.2) is 5.96 Å². The fourth-order valence-electron chi connectivity index (χ4n) is 1.73. The van der Waals surface area contributed by atoms with Gasteiger partial charge in [0.1, 0.15) is 12.4 Å². The molecule has 0 spiro atoms. The Hall–Kier alpha value is -1.19. The SMILES string of the molecule is CN=C(NCCCCC(F)(F)F)NCCOc1ccccc1.I. The molecule has 0 atom stereocenters. The van der Waals surface area contributed by atoms with Crippen molar-refractivity contribution in [1.82, 2.24) is 10.6 Å². The molecule has 0 aliphatic carbocycles. The van der Waals surface area contributed by atoms with E-state index in [2.05, 4.69) is 15.6 Å². The van der Waals surface area contributed by atoms with Gasteiger partial charge >= 0.3 is 6.18 Å². The van der Waals surface area contributed by atoms with E-state index in [1.165, 1.54) is 0 Å². The van der Waals surface area contributed by atoms with E-state index in [1.54, 1.807) is 7.05 Å². The first kappa shape index (κ1) is 21.8. The van der Waals surface area contributed by atoms with E-state index in [-0.39, 0.29) is 30.4 Å². The predicted molar refractivity (Wildman–Crippen MR) is 96.6 cm³/mol. The Morgan fingerprint density at radius 2 is 1.74 bits per heavy atom. The van der Waals surface area contributed by atoms with Crippen LogP contribution in [0.5, 0.6) is 5.75 Å². The smallest absolute Gasteiger partial charge is 0.389 e. The Labute approximate surface area is 151 Å². The number of hydrogen-bond acceptors (Lipinski definition) is 2. The van der Waals surface area contributed by atoms with Gasteiger partial charge in [0, 0.05) is 20.0 Å². The van der Waals surface area contributed by atoms with Crippen LogP contribution in [0.25, 0.3) is 0 Å². The summed E-state index contributed by atoms with van der Waals surface area (Å²) >= 11 is 0. The van der Waals surface area contributed by atoms with Gasteiger partial charge in [-0.25, -0.2) is 0 Å². The molecular weight excluding hydrogens is 422 g/mol. The minimum atomic E-state index is -4.07. The van der Waals surface area contributed by atoms with E-state index in [4.69, 9.17) is 4.74 Å². The number of nitrogens with zero attached hydrogens (tertiary/aromatic N) is 1. The summed E-state index contributed by atoms with van der Waals surface area (Å²) in [4.78, 5) is 4.00. The summed E-state index contributed by atoms with van der Waals surface area (Å²) in [5, 5.41) is 6.01. The van der Waals surface area contributed by atoms with E-state index in [0.717, 1.165) is 5.75 Å². The maximum atomic E-state index is 12.0. The molecule has 0 aromatic heterocycles. The van der Waals surface area contributed by atoms with Crippen LogP contribution in [-0.2, 0) is 0 Å². The molecule has 0 radical (unpaired) electrons. The Balaban J connectivity index is 0.00000484. The standard InChI is InChI=1S/C15H22F3N3O.HI/c1-19-14(20-10-6-5-9-15(16,17)18)21-11-12-22-13-7-3-2-4-8-13;/h2-4,7-8H,5-6,9-12H2,1H3,(H2,19,20,21);1H. The quantitative estimate of drug-likeness (QED) is 0.278. The second-order valence-corrected chi connectivity index (χ2v) is 4.66. The first-order valence-corrected chi connectivity index (χ1v) is 7.20. The number of aliphatic imine (C=N–C) groups is 1. The summed E-state index contributed by atoms with van der Waals surface area (Å²) < 4.78 is 41.5. The second kappa shape index (κ2) is 12.3. The van der Waals surface area contributed by atoms with E-state index < -0.39 is 12.6 Å². The van der Waals surface area contributed by atoms with Gasteiger partial charge in [-0.1, -0.05) is 18.2 Å². The molecule has 0 unspecified atom stereocenters. The van der Waals surface area contributed by atoms with Crippen molar-refractivity contribution < 1.29 is 17.9 Å². The van der Waals surface area contributed by atoms with Crippen LogP contribution in [0.1, 0.15) is 19.3 Å². The highest BCUT2D eigenvalue weighted by molar-refractivity contribution is 14.0. The van der Waals surface area contributed by atoms with Crippen molar-refractivity contribution in [3.05, 3.63) is 30.3 Å². The van der Waals surface area contributed by atoms with Crippen molar-refractivity contribution in [2.24, 2.45) is 4.99 Å². The third-order valence-corrected chi connectivity index (χ3v) is 2.81. The molecule has 0 heterocycles. The van der Waals surface area contributed by atoms with Gasteiger partial charge < -0.3 is 15.4 Å². The maximum absolute atomic E-state index is 12.0. The van der Waals surface area contributed by atoms with E-state index in [9.17, 15) is 13.2 Å². The molecule has 0 saturated heterocycles. The van der Waals surface area contributed by atoms with Crippen molar-refractivity contribution in [3.63, 3.8) is 0 Å². The van der Waals surface area contributed by atoms with Crippen LogP contribution in [0.15, 0.2) is 35.3 Å². The highest BCUT2D eigenvalue weighted by Crippen LogP contribution is 2.21. The number of guanidine groups is 1. The summed E-state index contributed by atoms with van der Waals surface area (Å²) in [5.41, 5.74) is 0. The number of halogens is 4. The van der Waals surface area contributed by atoms with Crippen LogP contribution in [0.3, 0.4) is 0 Å². The molecule has 23 heavy (non-hydrogen) atoms. The van der Waals surface area contributed by atoms with E-state index >= 15 is 0 Å². The van der Waals surface area contributed by atoms with Gasteiger partial charge in [0.2, 0.25) is 0 Å². The summed E-state index contributed by atoms with van der Waals surface area (Å²) in [6, 6.07) is 9.44. The van der Waals surface area contributed by atoms with Crippen molar-refractivity contribution >= 4 is 29.9 Å². The molecular formula is C15H23F3IN3O. The Kier molecular flexibility index (Phi) is 11.6. The molecule has 1 rings (SSSR count). The highest BCUT2D eigenvalue weighted by Gasteiger charge is 2.25. The van der Waals surface area contributed by atoms with Crippen molar-refractivity contribution in [1.29, 1.82) is 0 Å². The Morgan fingerprint density at radius 3 is 2.35 bits per heavy atom. The second-order valence-electron chi connectivity index (χ2n) is 4.66. The van der Waals surface area contributed by atoms with Gasteiger partial charge in [-0.3, -0.25) is 4.99 Å². The van der Waals surface area contributed by atoms with Gasteiger partial charge in [-0.2, -0.15) is 13.2 Å². The zero-order valence-electron chi connectivity index (χ0n) is 13.0. The number of hydrogen-bond donors (Lipinski definition) is 2. The van der Waals surface area contributed by atoms with Crippen molar-refractivity contribution in [2.75, 3.05) is 26.7 Å². The number of alkyl halides is 3. The Bertz CT molecular complexity index is 441. The minimum absolute atomic E-state index is 0. The molecule has 0 aliphatic rings. The monoisotopic (exact) mass is 445 g/mol. The number of unbranched alkanes of at least 4 members (excludes halogenated alkanes) is 1. The summed E-state index contributed by atoms with van der Waals surface area (Å²) in [5.74, 6) is 1.35. The van der Waals surface area contributed by atoms with Crippen molar-refractivity contribution in [3.8, 4) is 5.75 Å². The molecule has 2 N–H and O–H groups in total. The van der Waals surface area contributed by atoms with Crippen LogP contribution in [0.4, 0.5) is 13.2 Å².